The first-order chi connectivity index (χ1) is 10.8. The van der Waals surface area contributed by atoms with Crippen molar-refractivity contribution in [2.75, 3.05) is 40.0 Å². The summed E-state index contributed by atoms with van der Waals surface area (Å²) in [5.41, 5.74) is 1.85. The number of Topliss-reactive ketones (excluding diaryl/α,β-unsaturated/α-hetero) is 1. The van der Waals surface area contributed by atoms with Crippen LogP contribution in [0.4, 0.5) is 0 Å². The molecule has 0 N–H and O–H groups in total. The van der Waals surface area contributed by atoms with Crippen LogP contribution >= 0.6 is 0 Å². The Hall–Kier alpha value is -1.27. The van der Waals surface area contributed by atoms with Crippen molar-refractivity contribution in [1.82, 2.24) is 14.7 Å². The van der Waals surface area contributed by atoms with Crippen molar-refractivity contribution in [2.24, 2.45) is 5.41 Å². The lowest BCUT2D eigenvalue weighted by Gasteiger charge is -2.60. The van der Waals surface area contributed by atoms with Crippen molar-refractivity contribution in [2.45, 2.75) is 27.3 Å². The van der Waals surface area contributed by atoms with Crippen LogP contribution in [-0.2, 0) is 6.54 Å². The van der Waals surface area contributed by atoms with Crippen LogP contribution in [0.3, 0.4) is 0 Å². The maximum Gasteiger partial charge on any atom is 0.168 e. The van der Waals surface area contributed by atoms with Gasteiger partial charge in [-0.25, -0.2) is 14.7 Å². The predicted molar refractivity (Wildman–Crippen MR) is 88.9 cm³/mol. The van der Waals surface area contributed by atoms with Gasteiger partial charge >= 0.3 is 0 Å². The van der Waals surface area contributed by atoms with Gasteiger partial charge in [0.1, 0.15) is 26.6 Å². The van der Waals surface area contributed by atoms with E-state index in [1.54, 1.807) is 0 Å². The van der Waals surface area contributed by atoms with Crippen LogP contribution in [0.2, 0.25) is 0 Å². The van der Waals surface area contributed by atoms with Gasteiger partial charge in [-0.2, -0.15) is 0 Å². The molecule has 124 valence electrons. The summed E-state index contributed by atoms with van der Waals surface area (Å²) in [4.78, 5) is 20.0. The molecule has 23 heavy (non-hydrogen) atoms. The quantitative estimate of drug-likeness (QED) is 0.629. The molecule has 1 aromatic carbocycles. The highest BCUT2D eigenvalue weighted by molar-refractivity contribution is 5.99. The lowest BCUT2D eigenvalue weighted by atomic mass is 9.86. The Morgan fingerprint density at radius 2 is 1.43 bits per heavy atom. The minimum absolute atomic E-state index is 0.219. The maximum absolute atomic E-state index is 12.4. The molecule has 5 rings (SSSR count). The number of benzene rings is 1. The van der Waals surface area contributed by atoms with E-state index in [0.717, 1.165) is 56.6 Å². The number of quaternary nitrogens is 1. The Labute approximate surface area is 138 Å². The summed E-state index contributed by atoms with van der Waals surface area (Å²) in [7, 11) is 0. The van der Waals surface area contributed by atoms with Crippen molar-refractivity contribution in [3.05, 3.63) is 35.4 Å². The van der Waals surface area contributed by atoms with Gasteiger partial charge in [0.05, 0.1) is 20.0 Å². The zero-order valence-corrected chi connectivity index (χ0v) is 14.5. The third kappa shape index (κ3) is 2.83. The van der Waals surface area contributed by atoms with Crippen molar-refractivity contribution >= 4 is 5.78 Å². The van der Waals surface area contributed by atoms with E-state index in [2.05, 4.69) is 26.8 Å². The second-order valence-electron chi connectivity index (χ2n) is 8.64. The van der Waals surface area contributed by atoms with Gasteiger partial charge in [-0.05, 0) is 0 Å². The highest BCUT2D eigenvalue weighted by atomic mass is 16.1. The van der Waals surface area contributed by atoms with Crippen LogP contribution in [0.15, 0.2) is 24.3 Å². The van der Waals surface area contributed by atoms with Gasteiger partial charge in [-0.15, -0.1) is 0 Å². The largest absolute Gasteiger partial charge is 0.294 e. The van der Waals surface area contributed by atoms with Crippen LogP contribution in [0.5, 0.6) is 0 Å². The van der Waals surface area contributed by atoms with Crippen molar-refractivity contribution in [3.63, 3.8) is 0 Å². The molecule has 0 saturated carbocycles. The fourth-order valence-corrected chi connectivity index (χ4v) is 4.39. The Bertz CT molecular complexity index is 582. The van der Waals surface area contributed by atoms with Crippen LogP contribution < -0.4 is 0 Å². The lowest BCUT2D eigenvalue weighted by Crippen LogP contribution is -2.78. The minimum Gasteiger partial charge on any atom is -0.294 e. The first-order valence-electron chi connectivity index (χ1n) is 8.49. The lowest BCUT2D eigenvalue weighted by molar-refractivity contribution is -0.991. The molecule has 4 aliphatic heterocycles. The summed E-state index contributed by atoms with van der Waals surface area (Å²) in [6, 6.07) is 8.31. The Kier molecular flexibility index (Phi) is 3.39. The normalized spacial score (nSPS) is 35.5. The molecule has 4 saturated heterocycles. The molecule has 5 nitrogen and oxygen atoms in total. The number of hydrogen-bond acceptors (Lipinski definition) is 4. The Morgan fingerprint density at radius 1 is 0.957 bits per heavy atom. The highest BCUT2D eigenvalue weighted by Crippen LogP contribution is 2.31. The van der Waals surface area contributed by atoms with Gasteiger partial charge in [0.15, 0.2) is 5.78 Å². The molecule has 4 fully saturated rings. The van der Waals surface area contributed by atoms with Gasteiger partial charge < -0.3 is 0 Å². The molecule has 0 spiro atoms. The van der Waals surface area contributed by atoms with E-state index in [1.165, 1.54) is 5.56 Å². The summed E-state index contributed by atoms with van der Waals surface area (Å²) in [5.74, 6) is 0.219. The average molecular weight is 315 g/mol. The summed E-state index contributed by atoms with van der Waals surface area (Å²) in [6.07, 6.45) is 0. The second kappa shape index (κ2) is 5.11. The number of nitrogens with zero attached hydrogens (tertiary/aromatic N) is 4. The van der Waals surface area contributed by atoms with E-state index in [4.69, 9.17) is 0 Å². The van der Waals surface area contributed by atoms with E-state index >= 15 is 0 Å². The Morgan fingerprint density at radius 3 is 1.87 bits per heavy atom. The number of carbonyl (C=O) groups excluding carboxylic acids is 1. The van der Waals surface area contributed by atoms with Crippen LogP contribution in [0.25, 0.3) is 0 Å². The second-order valence-corrected chi connectivity index (χ2v) is 8.64. The molecular weight excluding hydrogens is 288 g/mol. The van der Waals surface area contributed by atoms with E-state index in [-0.39, 0.29) is 11.2 Å². The average Bonchev–Trinajstić information content (AvgIpc) is 2.44. The highest BCUT2D eigenvalue weighted by Gasteiger charge is 2.48. The van der Waals surface area contributed by atoms with E-state index in [9.17, 15) is 4.79 Å². The van der Waals surface area contributed by atoms with Gasteiger partial charge in [0.25, 0.3) is 0 Å². The molecule has 0 radical (unpaired) electrons. The van der Waals surface area contributed by atoms with Gasteiger partial charge in [0.2, 0.25) is 0 Å². The Balaban J connectivity index is 1.50. The molecule has 4 heterocycles. The molecule has 0 unspecified atom stereocenters. The van der Waals surface area contributed by atoms with Gasteiger partial charge in [-0.1, -0.05) is 45.0 Å². The fourth-order valence-electron chi connectivity index (χ4n) is 4.39. The molecule has 4 aliphatic rings. The number of rotatable bonds is 3. The summed E-state index contributed by atoms with van der Waals surface area (Å²) in [5, 5.41) is 0. The third-order valence-electron chi connectivity index (χ3n) is 5.12. The first-order valence-corrected chi connectivity index (χ1v) is 8.49. The van der Waals surface area contributed by atoms with E-state index < -0.39 is 0 Å². The summed E-state index contributed by atoms with van der Waals surface area (Å²) < 4.78 is 1.10. The van der Waals surface area contributed by atoms with Crippen LogP contribution in [-0.4, -0.2) is 65.0 Å². The molecule has 0 amide bonds. The zero-order chi connectivity index (χ0) is 16.2. The minimum atomic E-state index is -0.314. The third-order valence-corrected chi connectivity index (χ3v) is 5.12. The summed E-state index contributed by atoms with van der Waals surface area (Å²) >= 11 is 0. The standard InChI is InChI=1S/C18H27N4O/c1-18(2,3)17(23)16-6-4-15(5-7-16)8-22-12-19-9-20(13-22)11-21(10-19)14-22/h4-7H,8-14H2,1-3H3/q+1. The SMILES string of the molecule is CC(C)(C)C(=O)c1ccc(C[N+]23CN4CN(CN(C4)C2)C3)cc1. The number of carbonyl (C=O) groups is 1. The molecule has 1 aromatic rings. The molecule has 4 bridgehead atoms. The van der Waals surface area contributed by atoms with Crippen LogP contribution in [0.1, 0.15) is 36.7 Å². The summed E-state index contributed by atoms with van der Waals surface area (Å²) in [6.45, 7) is 13.8. The van der Waals surface area contributed by atoms with Crippen molar-refractivity contribution in [3.8, 4) is 0 Å². The van der Waals surface area contributed by atoms with E-state index in [1.807, 2.05) is 32.9 Å². The molecule has 0 atom stereocenters. The number of ketones is 1. The smallest absolute Gasteiger partial charge is 0.168 e. The first kappa shape index (κ1) is 15.3. The van der Waals surface area contributed by atoms with Gasteiger partial charge in [-0.3, -0.25) is 9.28 Å². The van der Waals surface area contributed by atoms with Gasteiger partial charge in [0, 0.05) is 16.5 Å². The fraction of sp³-hybridized carbons (Fsp3) is 0.611. The van der Waals surface area contributed by atoms with Crippen molar-refractivity contribution in [1.29, 1.82) is 0 Å². The molecule has 5 heteroatoms. The molecule has 0 aromatic heterocycles. The monoisotopic (exact) mass is 315 g/mol. The topological polar surface area (TPSA) is 26.8 Å². The molecule has 0 aliphatic carbocycles. The van der Waals surface area contributed by atoms with Crippen molar-refractivity contribution < 1.29 is 9.28 Å². The van der Waals surface area contributed by atoms with E-state index in [0.29, 0.717) is 0 Å². The maximum atomic E-state index is 12.4. The van der Waals surface area contributed by atoms with Crippen LogP contribution in [0, 0.1) is 5.41 Å². The zero-order valence-electron chi connectivity index (χ0n) is 14.5. The predicted octanol–water partition coefficient (Wildman–Crippen LogP) is 1.92. The molecular formula is C18H27N4O+. The number of hydrogen-bond donors (Lipinski definition) is 0.